The van der Waals surface area contributed by atoms with E-state index in [2.05, 4.69) is 59.2 Å². The average Bonchev–Trinajstić information content (AvgIpc) is 3.23. The number of hydrogen-bond donors (Lipinski definition) is 1. The minimum Gasteiger partial charge on any atom is -0.338 e. The van der Waals surface area contributed by atoms with Crippen molar-refractivity contribution in [1.82, 2.24) is 14.9 Å². The van der Waals surface area contributed by atoms with Crippen LogP contribution in [0.1, 0.15) is 37.6 Å². The summed E-state index contributed by atoms with van der Waals surface area (Å²) in [7, 11) is 2.08. The van der Waals surface area contributed by atoms with Crippen molar-refractivity contribution in [1.29, 1.82) is 0 Å². The topological polar surface area (TPSA) is 29.9 Å². The molecule has 1 aromatic heterocycles. The summed E-state index contributed by atoms with van der Waals surface area (Å²) >= 11 is 0. The molecule has 0 spiro atoms. The number of benzene rings is 1. The molecule has 3 heteroatoms. The van der Waals surface area contributed by atoms with Crippen molar-refractivity contribution in [3.63, 3.8) is 0 Å². The predicted molar refractivity (Wildman–Crippen MR) is 86.3 cm³/mol. The van der Waals surface area contributed by atoms with E-state index in [-0.39, 0.29) is 0 Å². The lowest BCUT2D eigenvalue weighted by Crippen LogP contribution is -2.42. The average molecular weight is 283 g/mol. The highest BCUT2D eigenvalue weighted by atomic mass is 15.0. The van der Waals surface area contributed by atoms with Gasteiger partial charge in [0.1, 0.15) is 5.82 Å². The lowest BCUT2D eigenvalue weighted by atomic mass is 9.85. The fourth-order valence-corrected chi connectivity index (χ4v) is 3.30. The Morgan fingerprint density at radius 3 is 2.62 bits per heavy atom. The number of nitrogens with one attached hydrogen (secondary N) is 1. The molecular weight excluding hydrogens is 258 g/mol. The molecule has 112 valence electrons. The van der Waals surface area contributed by atoms with Gasteiger partial charge in [0.25, 0.3) is 0 Å². The van der Waals surface area contributed by atoms with Crippen LogP contribution >= 0.6 is 0 Å². The zero-order valence-electron chi connectivity index (χ0n) is 13.0. The summed E-state index contributed by atoms with van der Waals surface area (Å²) in [6.45, 7) is 3.30. The lowest BCUT2D eigenvalue weighted by Gasteiger charge is -2.28. The van der Waals surface area contributed by atoms with Gasteiger partial charge in [-0.25, -0.2) is 4.98 Å². The molecule has 1 atom stereocenters. The van der Waals surface area contributed by atoms with E-state index in [0.717, 1.165) is 13.0 Å². The first-order chi connectivity index (χ1) is 10.3. The van der Waals surface area contributed by atoms with Gasteiger partial charge >= 0.3 is 0 Å². The van der Waals surface area contributed by atoms with Crippen molar-refractivity contribution in [2.45, 2.75) is 44.1 Å². The molecule has 0 aliphatic heterocycles. The lowest BCUT2D eigenvalue weighted by molar-refractivity contribution is 0.403. The Bertz CT molecular complexity index is 569. The second-order valence-electron chi connectivity index (χ2n) is 6.19. The van der Waals surface area contributed by atoms with Gasteiger partial charge in [-0.15, -0.1) is 0 Å². The standard InChI is InChI=1S/C18H25N3/c1-3-11-19-16(14-17-20-12-13-21(17)2)18(9-10-18)15-7-5-4-6-8-15/h4-8,12-13,16,19H,3,9-11,14H2,1-2H3. The smallest absolute Gasteiger partial charge is 0.109 e. The van der Waals surface area contributed by atoms with E-state index in [1.807, 2.05) is 12.4 Å². The first-order valence-electron chi connectivity index (χ1n) is 8.01. The van der Waals surface area contributed by atoms with Gasteiger partial charge in [-0.1, -0.05) is 37.3 Å². The van der Waals surface area contributed by atoms with Crippen molar-refractivity contribution in [2.24, 2.45) is 7.05 Å². The summed E-state index contributed by atoms with van der Waals surface area (Å²) < 4.78 is 2.14. The third-order valence-corrected chi connectivity index (χ3v) is 4.75. The maximum Gasteiger partial charge on any atom is 0.109 e. The summed E-state index contributed by atoms with van der Waals surface area (Å²) in [6.07, 6.45) is 8.66. The second-order valence-corrected chi connectivity index (χ2v) is 6.19. The molecule has 3 rings (SSSR count). The van der Waals surface area contributed by atoms with Crippen LogP contribution in [0.5, 0.6) is 0 Å². The molecule has 1 unspecified atom stereocenters. The Hall–Kier alpha value is -1.61. The van der Waals surface area contributed by atoms with Crippen LogP contribution in [0.3, 0.4) is 0 Å². The van der Waals surface area contributed by atoms with Crippen LogP contribution in [-0.4, -0.2) is 22.1 Å². The van der Waals surface area contributed by atoms with E-state index in [9.17, 15) is 0 Å². The molecule has 1 saturated carbocycles. The highest BCUT2D eigenvalue weighted by molar-refractivity contribution is 5.34. The van der Waals surface area contributed by atoms with E-state index >= 15 is 0 Å². The quantitative estimate of drug-likeness (QED) is 0.846. The van der Waals surface area contributed by atoms with E-state index < -0.39 is 0 Å². The van der Waals surface area contributed by atoms with E-state index in [1.54, 1.807) is 0 Å². The van der Waals surface area contributed by atoms with Crippen LogP contribution in [0.15, 0.2) is 42.7 Å². The maximum atomic E-state index is 4.52. The molecule has 1 aliphatic rings. The number of nitrogens with zero attached hydrogens (tertiary/aromatic N) is 2. The molecule has 1 heterocycles. The van der Waals surface area contributed by atoms with Crippen molar-refractivity contribution in [3.8, 4) is 0 Å². The van der Waals surface area contributed by atoms with Crippen LogP contribution < -0.4 is 5.32 Å². The zero-order valence-corrected chi connectivity index (χ0v) is 13.0. The van der Waals surface area contributed by atoms with Crippen molar-refractivity contribution >= 4 is 0 Å². The Morgan fingerprint density at radius 2 is 2.05 bits per heavy atom. The van der Waals surface area contributed by atoms with Gasteiger partial charge in [-0.3, -0.25) is 0 Å². The number of aryl methyl sites for hydroxylation is 1. The third kappa shape index (κ3) is 2.88. The van der Waals surface area contributed by atoms with Crippen LogP contribution in [0.25, 0.3) is 0 Å². The van der Waals surface area contributed by atoms with Gasteiger partial charge in [-0.05, 0) is 31.4 Å². The Labute approximate surface area is 127 Å². The van der Waals surface area contributed by atoms with E-state index in [4.69, 9.17) is 0 Å². The van der Waals surface area contributed by atoms with Gasteiger partial charge in [0.15, 0.2) is 0 Å². The Balaban J connectivity index is 1.84. The summed E-state index contributed by atoms with van der Waals surface area (Å²) in [5, 5.41) is 3.78. The van der Waals surface area contributed by atoms with Crippen molar-refractivity contribution in [3.05, 3.63) is 54.1 Å². The summed E-state index contributed by atoms with van der Waals surface area (Å²) in [6, 6.07) is 11.5. The number of imidazole rings is 1. The fourth-order valence-electron chi connectivity index (χ4n) is 3.30. The molecule has 2 aromatic rings. The summed E-state index contributed by atoms with van der Waals surface area (Å²) in [4.78, 5) is 4.52. The molecule has 0 amide bonds. The van der Waals surface area contributed by atoms with Crippen LogP contribution in [0.2, 0.25) is 0 Å². The van der Waals surface area contributed by atoms with Gasteiger partial charge < -0.3 is 9.88 Å². The highest BCUT2D eigenvalue weighted by Gasteiger charge is 2.50. The Kier molecular flexibility index (Phi) is 4.11. The zero-order chi connectivity index (χ0) is 14.7. The number of rotatable bonds is 7. The first kappa shape index (κ1) is 14.3. The van der Waals surface area contributed by atoms with Gasteiger partial charge in [0.2, 0.25) is 0 Å². The van der Waals surface area contributed by atoms with Crippen molar-refractivity contribution in [2.75, 3.05) is 6.54 Å². The number of hydrogen-bond acceptors (Lipinski definition) is 2. The largest absolute Gasteiger partial charge is 0.338 e. The van der Waals surface area contributed by atoms with Crippen molar-refractivity contribution < 1.29 is 0 Å². The van der Waals surface area contributed by atoms with E-state index in [0.29, 0.717) is 11.5 Å². The molecule has 1 aromatic carbocycles. The highest BCUT2D eigenvalue weighted by Crippen LogP contribution is 2.51. The monoisotopic (exact) mass is 283 g/mol. The first-order valence-corrected chi connectivity index (χ1v) is 8.01. The molecule has 1 aliphatic carbocycles. The van der Waals surface area contributed by atoms with Gasteiger partial charge in [0, 0.05) is 37.3 Å². The minimum atomic E-state index is 0.308. The predicted octanol–water partition coefficient (Wildman–Crippen LogP) is 3.06. The molecule has 3 nitrogen and oxygen atoms in total. The second kappa shape index (κ2) is 6.02. The van der Waals surface area contributed by atoms with Crippen LogP contribution in [0, 0.1) is 0 Å². The molecule has 0 radical (unpaired) electrons. The van der Waals surface area contributed by atoms with E-state index in [1.165, 1.54) is 30.7 Å². The van der Waals surface area contributed by atoms with Gasteiger partial charge in [0.05, 0.1) is 0 Å². The molecule has 0 saturated heterocycles. The normalized spacial score (nSPS) is 17.6. The summed E-state index contributed by atoms with van der Waals surface area (Å²) in [5.74, 6) is 1.17. The minimum absolute atomic E-state index is 0.308. The van der Waals surface area contributed by atoms with Crippen LogP contribution in [-0.2, 0) is 18.9 Å². The summed E-state index contributed by atoms with van der Waals surface area (Å²) in [5.41, 5.74) is 1.79. The molecular formula is C18H25N3. The SMILES string of the molecule is CCCNC(Cc1nccn1C)C1(c2ccccc2)CC1. The molecule has 0 bridgehead atoms. The molecule has 1 N–H and O–H groups in total. The van der Waals surface area contributed by atoms with Crippen LogP contribution in [0.4, 0.5) is 0 Å². The van der Waals surface area contributed by atoms with Gasteiger partial charge in [-0.2, -0.15) is 0 Å². The maximum absolute atomic E-state index is 4.52. The number of aromatic nitrogens is 2. The molecule has 21 heavy (non-hydrogen) atoms. The Morgan fingerprint density at radius 1 is 1.29 bits per heavy atom. The fraction of sp³-hybridized carbons (Fsp3) is 0.500. The molecule has 1 fully saturated rings. The third-order valence-electron chi connectivity index (χ3n) is 4.75.